The Hall–Kier alpha value is -0.0400. The third-order valence-corrected chi connectivity index (χ3v) is 1.94. The van der Waals surface area contributed by atoms with Gasteiger partial charge in [-0.05, 0) is 32.1 Å². The van der Waals surface area contributed by atoms with E-state index in [1.54, 1.807) is 0 Å². The van der Waals surface area contributed by atoms with E-state index >= 15 is 0 Å². The van der Waals surface area contributed by atoms with E-state index in [0.29, 0.717) is 6.04 Å². The summed E-state index contributed by atoms with van der Waals surface area (Å²) in [5.41, 5.74) is 0.208. The van der Waals surface area contributed by atoms with Crippen molar-refractivity contribution in [2.45, 2.75) is 46.6 Å². The van der Waals surface area contributed by atoms with E-state index < -0.39 is 0 Å². The molecule has 1 nitrogen and oxygen atoms in total. The lowest BCUT2D eigenvalue weighted by molar-refractivity contribution is 0.478. The summed E-state index contributed by atoms with van der Waals surface area (Å²) >= 11 is 5.63. The molecule has 0 unspecified atom stereocenters. The zero-order chi connectivity index (χ0) is 9.61. The van der Waals surface area contributed by atoms with Crippen LogP contribution in [0.1, 0.15) is 40.5 Å². The number of rotatable bonds is 5. The van der Waals surface area contributed by atoms with Gasteiger partial charge < -0.3 is 0 Å². The molecule has 0 aliphatic rings. The van der Waals surface area contributed by atoms with E-state index in [0.717, 1.165) is 18.7 Å². The molecule has 0 aliphatic carbocycles. The maximum absolute atomic E-state index is 5.63. The van der Waals surface area contributed by atoms with Crippen LogP contribution in [0.5, 0.6) is 0 Å². The van der Waals surface area contributed by atoms with Crippen molar-refractivity contribution in [1.29, 1.82) is 0 Å². The lowest BCUT2D eigenvalue weighted by atomic mass is 9.89. The molecule has 0 saturated carbocycles. The topological polar surface area (TPSA) is 12.4 Å². The number of halogens is 1. The second-order valence-electron chi connectivity index (χ2n) is 4.15. The maximum Gasteiger partial charge on any atom is 0.0439 e. The monoisotopic (exact) mass is 189 g/mol. The molecule has 72 valence electrons. The normalized spacial score (nSPS) is 13.2. The highest BCUT2D eigenvalue weighted by molar-refractivity contribution is 6.17. The van der Waals surface area contributed by atoms with Crippen molar-refractivity contribution in [3.05, 3.63) is 0 Å². The van der Waals surface area contributed by atoms with Gasteiger partial charge in [-0.15, -0.1) is 11.6 Å². The Kier molecular flexibility index (Phi) is 5.56. The smallest absolute Gasteiger partial charge is 0.0439 e. The van der Waals surface area contributed by atoms with E-state index in [-0.39, 0.29) is 5.41 Å². The zero-order valence-electron chi connectivity index (χ0n) is 8.60. The molecule has 0 fully saturated rings. The Morgan fingerprint density at radius 2 is 2.00 bits per heavy atom. The molecule has 0 aromatic rings. The fourth-order valence-electron chi connectivity index (χ4n) is 0.938. The first kappa shape index (κ1) is 12.0. The SMILES string of the molecule is CC(C)N=CC(C)(C)CCCCl. The molecule has 0 aliphatic heterocycles. The van der Waals surface area contributed by atoms with Crippen molar-refractivity contribution >= 4 is 17.8 Å². The van der Waals surface area contributed by atoms with E-state index in [9.17, 15) is 0 Å². The van der Waals surface area contributed by atoms with Crippen molar-refractivity contribution in [1.82, 2.24) is 0 Å². The molecule has 0 radical (unpaired) electrons. The predicted molar refractivity (Wildman–Crippen MR) is 57.4 cm³/mol. The quantitative estimate of drug-likeness (QED) is 0.464. The van der Waals surface area contributed by atoms with Crippen LogP contribution in [-0.4, -0.2) is 18.1 Å². The molecule has 0 aromatic heterocycles. The first-order valence-corrected chi connectivity index (χ1v) is 5.12. The van der Waals surface area contributed by atoms with Crippen LogP contribution in [-0.2, 0) is 0 Å². The first-order chi connectivity index (χ1) is 5.48. The maximum atomic E-state index is 5.63. The van der Waals surface area contributed by atoms with Crippen molar-refractivity contribution in [2.75, 3.05) is 5.88 Å². The van der Waals surface area contributed by atoms with Crippen LogP contribution in [0.4, 0.5) is 0 Å². The Morgan fingerprint density at radius 1 is 1.42 bits per heavy atom. The van der Waals surface area contributed by atoms with E-state index in [1.807, 2.05) is 0 Å². The van der Waals surface area contributed by atoms with Gasteiger partial charge in [0.2, 0.25) is 0 Å². The summed E-state index contributed by atoms with van der Waals surface area (Å²) < 4.78 is 0. The van der Waals surface area contributed by atoms with Gasteiger partial charge in [-0.3, -0.25) is 4.99 Å². The summed E-state index contributed by atoms with van der Waals surface area (Å²) in [6.07, 6.45) is 4.25. The highest BCUT2D eigenvalue weighted by Gasteiger charge is 2.13. The summed E-state index contributed by atoms with van der Waals surface area (Å²) in [7, 11) is 0. The highest BCUT2D eigenvalue weighted by atomic mass is 35.5. The van der Waals surface area contributed by atoms with Crippen LogP contribution >= 0.6 is 11.6 Å². The molecule has 2 heteroatoms. The zero-order valence-corrected chi connectivity index (χ0v) is 9.36. The average molecular weight is 190 g/mol. The number of hydrogen-bond acceptors (Lipinski definition) is 1. The Bertz CT molecular complexity index is 139. The van der Waals surface area contributed by atoms with Crippen LogP contribution in [0.15, 0.2) is 4.99 Å². The fourth-order valence-corrected chi connectivity index (χ4v) is 1.07. The predicted octanol–water partition coefficient (Wildman–Crippen LogP) is 3.51. The largest absolute Gasteiger partial charge is 0.294 e. The lowest BCUT2D eigenvalue weighted by Crippen LogP contribution is -2.14. The van der Waals surface area contributed by atoms with Crippen molar-refractivity contribution in [2.24, 2.45) is 10.4 Å². The number of alkyl halides is 1. The summed E-state index contributed by atoms with van der Waals surface area (Å²) in [5.74, 6) is 0.749. The fraction of sp³-hybridized carbons (Fsp3) is 0.900. The molecular weight excluding hydrogens is 170 g/mol. The van der Waals surface area contributed by atoms with Crippen LogP contribution in [0.2, 0.25) is 0 Å². The molecular formula is C10H20ClN. The Labute approximate surface area is 81.2 Å². The second-order valence-corrected chi connectivity index (χ2v) is 4.53. The Balaban J connectivity index is 3.85. The van der Waals surface area contributed by atoms with Crippen LogP contribution in [0, 0.1) is 5.41 Å². The van der Waals surface area contributed by atoms with Gasteiger partial charge in [0, 0.05) is 18.1 Å². The molecule has 0 bridgehead atoms. The third-order valence-electron chi connectivity index (χ3n) is 1.68. The van der Waals surface area contributed by atoms with E-state index in [1.165, 1.54) is 0 Å². The molecule has 0 saturated heterocycles. The van der Waals surface area contributed by atoms with Gasteiger partial charge in [0.15, 0.2) is 0 Å². The standard InChI is InChI=1S/C10H20ClN/c1-9(2)12-8-10(3,4)6-5-7-11/h8-9H,5-7H2,1-4H3. The molecule has 0 rings (SSSR count). The van der Waals surface area contributed by atoms with Gasteiger partial charge in [-0.1, -0.05) is 13.8 Å². The van der Waals surface area contributed by atoms with Gasteiger partial charge in [0.25, 0.3) is 0 Å². The average Bonchev–Trinajstić information content (AvgIpc) is 1.98. The summed E-state index contributed by atoms with van der Waals surface area (Å²) in [5, 5.41) is 0. The highest BCUT2D eigenvalue weighted by Crippen LogP contribution is 2.20. The Morgan fingerprint density at radius 3 is 2.42 bits per heavy atom. The molecule has 0 aromatic carbocycles. The van der Waals surface area contributed by atoms with Gasteiger partial charge in [0.05, 0.1) is 0 Å². The molecule has 0 atom stereocenters. The number of aliphatic imine (C=N–C) groups is 1. The minimum absolute atomic E-state index is 0.208. The number of hydrogen-bond donors (Lipinski definition) is 0. The van der Waals surface area contributed by atoms with Crippen molar-refractivity contribution < 1.29 is 0 Å². The molecule has 0 N–H and O–H groups in total. The summed E-state index contributed by atoms with van der Waals surface area (Å²) in [6.45, 7) is 8.58. The lowest BCUT2D eigenvalue weighted by Gasteiger charge is -2.18. The minimum atomic E-state index is 0.208. The van der Waals surface area contributed by atoms with E-state index in [4.69, 9.17) is 11.6 Å². The second kappa shape index (κ2) is 5.58. The minimum Gasteiger partial charge on any atom is -0.294 e. The van der Waals surface area contributed by atoms with Gasteiger partial charge in [-0.2, -0.15) is 0 Å². The van der Waals surface area contributed by atoms with Gasteiger partial charge in [0.1, 0.15) is 0 Å². The van der Waals surface area contributed by atoms with Crippen molar-refractivity contribution in [3.63, 3.8) is 0 Å². The van der Waals surface area contributed by atoms with Crippen molar-refractivity contribution in [3.8, 4) is 0 Å². The van der Waals surface area contributed by atoms with Crippen LogP contribution in [0.25, 0.3) is 0 Å². The van der Waals surface area contributed by atoms with Gasteiger partial charge in [-0.25, -0.2) is 0 Å². The molecule has 0 amide bonds. The van der Waals surface area contributed by atoms with Gasteiger partial charge >= 0.3 is 0 Å². The molecule has 12 heavy (non-hydrogen) atoms. The van der Waals surface area contributed by atoms with Crippen LogP contribution < -0.4 is 0 Å². The van der Waals surface area contributed by atoms with E-state index in [2.05, 4.69) is 38.9 Å². The third kappa shape index (κ3) is 6.66. The number of nitrogens with zero attached hydrogens (tertiary/aromatic N) is 1. The first-order valence-electron chi connectivity index (χ1n) is 4.58. The molecule has 0 spiro atoms. The van der Waals surface area contributed by atoms with Crippen LogP contribution in [0.3, 0.4) is 0 Å². The summed E-state index contributed by atoms with van der Waals surface area (Å²) in [4.78, 5) is 4.38. The molecule has 0 heterocycles. The summed E-state index contributed by atoms with van der Waals surface area (Å²) in [6, 6.07) is 0.403.